The van der Waals surface area contributed by atoms with Crippen molar-refractivity contribution in [3.63, 3.8) is 0 Å². The third kappa shape index (κ3) is 6.71. The topological polar surface area (TPSA) is 40.1 Å². The minimum atomic E-state index is 0.343. The van der Waals surface area contributed by atoms with E-state index in [-0.39, 0.29) is 0 Å². The number of hydrogen-bond donors (Lipinski definition) is 1. The average molecular weight is 268 g/mol. The lowest BCUT2D eigenvalue weighted by molar-refractivity contribution is -0.125. The number of nitrogens with zero attached hydrogens (tertiary/aromatic N) is 3. The highest BCUT2D eigenvalue weighted by molar-refractivity contribution is 5.93. The zero-order chi connectivity index (χ0) is 14.1. The number of hydrogen-bond acceptors (Lipinski definition) is 5. The van der Waals surface area contributed by atoms with Crippen LogP contribution in [-0.4, -0.2) is 61.2 Å². The van der Waals surface area contributed by atoms with Gasteiger partial charge in [-0.2, -0.15) is 0 Å². The molecule has 1 atom stereocenters. The number of allylic oxidation sites excluding steroid dienone is 1. The number of likely N-dealkylation sites (N-methyl/N-ethyl adjacent to an activating group) is 1. The van der Waals surface area contributed by atoms with Gasteiger partial charge in [-0.05, 0) is 33.0 Å². The average Bonchev–Trinajstić information content (AvgIpc) is 2.43. The summed E-state index contributed by atoms with van der Waals surface area (Å²) in [4.78, 5) is 12.4. The zero-order valence-corrected chi connectivity index (χ0v) is 12.7. The monoisotopic (exact) mass is 268 g/mol. The maximum atomic E-state index is 5.67. The molecule has 0 amide bonds. The van der Waals surface area contributed by atoms with Crippen molar-refractivity contribution in [2.24, 2.45) is 4.99 Å². The molecule has 1 rings (SSSR count). The van der Waals surface area contributed by atoms with E-state index in [9.17, 15) is 0 Å². The van der Waals surface area contributed by atoms with Crippen molar-refractivity contribution in [3.8, 4) is 0 Å². The molecule has 1 unspecified atom stereocenters. The van der Waals surface area contributed by atoms with Crippen LogP contribution in [0.5, 0.6) is 0 Å². The highest BCUT2D eigenvalue weighted by Gasteiger charge is 2.07. The fraction of sp³-hybridized carbons (Fsp3) is 0.786. The third-order valence-corrected chi connectivity index (χ3v) is 3.25. The molecule has 1 aliphatic heterocycles. The van der Waals surface area contributed by atoms with Crippen LogP contribution in [0.25, 0.3) is 0 Å². The van der Waals surface area contributed by atoms with E-state index in [0.717, 1.165) is 31.9 Å². The molecule has 1 N–H and O–H groups in total. The molecule has 0 saturated carbocycles. The Morgan fingerprint density at radius 2 is 2.21 bits per heavy atom. The van der Waals surface area contributed by atoms with Gasteiger partial charge in [0.05, 0.1) is 6.61 Å². The van der Waals surface area contributed by atoms with Gasteiger partial charge in [-0.15, -0.1) is 0 Å². The largest absolute Gasteiger partial charge is 0.311 e. The van der Waals surface area contributed by atoms with Gasteiger partial charge in [-0.25, -0.2) is 5.06 Å². The lowest BCUT2D eigenvalue weighted by atomic mass is 10.3. The van der Waals surface area contributed by atoms with Crippen LogP contribution in [0.1, 0.15) is 27.7 Å². The molecule has 0 radical (unpaired) electrons. The Balaban J connectivity index is 2.08. The maximum absolute atomic E-state index is 5.67. The van der Waals surface area contributed by atoms with Gasteiger partial charge >= 0.3 is 0 Å². The van der Waals surface area contributed by atoms with Gasteiger partial charge in [-0.1, -0.05) is 13.8 Å². The fourth-order valence-electron chi connectivity index (χ4n) is 1.83. The van der Waals surface area contributed by atoms with Gasteiger partial charge in [0.25, 0.3) is 0 Å². The first-order chi connectivity index (χ1) is 9.15. The van der Waals surface area contributed by atoms with Crippen LogP contribution < -0.4 is 5.32 Å². The second-order valence-electron chi connectivity index (χ2n) is 4.85. The summed E-state index contributed by atoms with van der Waals surface area (Å²) in [5, 5.41) is 5.25. The molecule has 5 heteroatoms. The molecule has 5 nitrogen and oxygen atoms in total. The van der Waals surface area contributed by atoms with Crippen molar-refractivity contribution in [2.45, 2.75) is 33.7 Å². The van der Waals surface area contributed by atoms with Crippen molar-refractivity contribution in [1.29, 1.82) is 0 Å². The molecular weight excluding hydrogens is 240 g/mol. The van der Waals surface area contributed by atoms with Crippen molar-refractivity contribution in [2.75, 3.05) is 39.5 Å². The first-order valence-corrected chi connectivity index (χ1v) is 7.20. The van der Waals surface area contributed by atoms with E-state index in [1.54, 1.807) is 5.06 Å². The normalized spacial score (nSPS) is 16.9. The van der Waals surface area contributed by atoms with Crippen LogP contribution in [-0.2, 0) is 4.84 Å². The number of nitrogens with one attached hydrogen (secondary N) is 1. The zero-order valence-electron chi connectivity index (χ0n) is 12.7. The first-order valence-electron chi connectivity index (χ1n) is 7.20. The standard InChI is InChI=1S/C14H28N4O/c1-5-17(6-2)10-8-15-14(4)11-19-18-9-7-13(3)16-12-18/h7,9,14-15H,5-6,8,10-12H2,1-4H3. The smallest absolute Gasteiger partial charge is 0.135 e. The molecule has 0 aromatic carbocycles. The Morgan fingerprint density at radius 3 is 2.79 bits per heavy atom. The summed E-state index contributed by atoms with van der Waals surface area (Å²) in [6, 6.07) is 0.343. The molecule has 1 heterocycles. The van der Waals surface area contributed by atoms with Crippen molar-refractivity contribution < 1.29 is 4.84 Å². The van der Waals surface area contributed by atoms with E-state index in [0.29, 0.717) is 19.3 Å². The lowest BCUT2D eigenvalue weighted by Crippen LogP contribution is -2.39. The van der Waals surface area contributed by atoms with Crippen molar-refractivity contribution >= 4 is 5.71 Å². The van der Waals surface area contributed by atoms with Crippen molar-refractivity contribution in [1.82, 2.24) is 15.3 Å². The van der Waals surface area contributed by atoms with Gasteiger partial charge in [0.2, 0.25) is 0 Å². The van der Waals surface area contributed by atoms with Crippen molar-refractivity contribution in [3.05, 3.63) is 12.3 Å². The van der Waals surface area contributed by atoms with Crippen LogP contribution >= 0.6 is 0 Å². The van der Waals surface area contributed by atoms with Crippen LogP contribution in [0.4, 0.5) is 0 Å². The summed E-state index contributed by atoms with van der Waals surface area (Å²) >= 11 is 0. The minimum Gasteiger partial charge on any atom is -0.311 e. The van der Waals surface area contributed by atoms with E-state index < -0.39 is 0 Å². The quantitative estimate of drug-likeness (QED) is 0.688. The van der Waals surface area contributed by atoms with E-state index in [1.807, 2.05) is 19.2 Å². The van der Waals surface area contributed by atoms with E-state index in [2.05, 4.69) is 36.0 Å². The SMILES string of the molecule is CCN(CC)CCNC(C)CON1C=CC(C)=NC1. The second kappa shape index (κ2) is 9.07. The number of aliphatic imine (C=N–C) groups is 1. The molecule has 0 aromatic rings. The van der Waals surface area contributed by atoms with E-state index in [4.69, 9.17) is 4.84 Å². The van der Waals surface area contributed by atoms with Gasteiger partial charge in [0.1, 0.15) is 6.67 Å². The molecule has 0 aromatic heterocycles. The fourth-order valence-corrected chi connectivity index (χ4v) is 1.83. The van der Waals surface area contributed by atoms with Crippen LogP contribution in [0.2, 0.25) is 0 Å². The molecule has 19 heavy (non-hydrogen) atoms. The molecule has 0 fully saturated rings. The van der Waals surface area contributed by atoms with Crippen LogP contribution in [0, 0.1) is 0 Å². The first kappa shape index (κ1) is 16.1. The van der Waals surface area contributed by atoms with Gasteiger partial charge in [0, 0.05) is 31.0 Å². The van der Waals surface area contributed by atoms with Crippen LogP contribution in [0.15, 0.2) is 17.3 Å². The van der Waals surface area contributed by atoms with Gasteiger partial charge in [-0.3, -0.25) is 9.83 Å². The summed E-state index contributed by atoms with van der Waals surface area (Å²) in [6.45, 7) is 14.1. The Morgan fingerprint density at radius 1 is 1.47 bits per heavy atom. The van der Waals surface area contributed by atoms with Gasteiger partial charge < -0.3 is 10.2 Å². The highest BCUT2D eigenvalue weighted by Crippen LogP contribution is 2.01. The van der Waals surface area contributed by atoms with Crippen LogP contribution in [0.3, 0.4) is 0 Å². The highest BCUT2D eigenvalue weighted by atomic mass is 16.7. The summed E-state index contributed by atoms with van der Waals surface area (Å²) in [5.41, 5.74) is 1.05. The minimum absolute atomic E-state index is 0.343. The molecule has 110 valence electrons. The number of hydroxylamine groups is 2. The predicted molar refractivity (Wildman–Crippen MR) is 80.2 cm³/mol. The Hall–Kier alpha value is -0.910. The molecule has 0 aliphatic carbocycles. The molecule has 1 aliphatic rings. The summed E-state index contributed by atoms with van der Waals surface area (Å²) in [5.74, 6) is 0. The molecule has 0 saturated heterocycles. The lowest BCUT2D eigenvalue weighted by Gasteiger charge is -2.24. The summed E-state index contributed by atoms with van der Waals surface area (Å²) in [6.07, 6.45) is 3.90. The molecule has 0 bridgehead atoms. The van der Waals surface area contributed by atoms with E-state index >= 15 is 0 Å². The Kier molecular flexibility index (Phi) is 7.70. The maximum Gasteiger partial charge on any atom is 0.135 e. The number of rotatable bonds is 9. The third-order valence-electron chi connectivity index (χ3n) is 3.25. The second-order valence-corrected chi connectivity index (χ2v) is 4.85. The summed E-state index contributed by atoms with van der Waals surface area (Å²) < 4.78 is 0. The Labute approximate surface area is 117 Å². The predicted octanol–water partition coefficient (Wildman–Crippen LogP) is 1.49. The van der Waals surface area contributed by atoms with E-state index in [1.165, 1.54) is 0 Å². The Bertz CT molecular complexity index is 300. The van der Waals surface area contributed by atoms with Gasteiger partial charge in [0.15, 0.2) is 0 Å². The molecular formula is C14H28N4O. The molecule has 0 spiro atoms. The summed E-state index contributed by atoms with van der Waals surface area (Å²) in [7, 11) is 0.